The van der Waals surface area contributed by atoms with Crippen LogP contribution in [-0.4, -0.2) is 41.5 Å². The maximum atomic E-state index is 11.2. The number of methoxy groups -OCH3 is 1. The lowest BCUT2D eigenvalue weighted by atomic mass is 10.2. The number of ether oxygens (including phenoxy) is 1. The molecule has 1 rings (SSSR count). The Kier molecular flexibility index (Phi) is 3.43. The zero-order valence-corrected chi connectivity index (χ0v) is 8.23. The molecule has 0 radical (unpaired) electrons. The number of esters is 1. The quantitative estimate of drug-likeness (QED) is 0.651. The van der Waals surface area contributed by atoms with E-state index in [9.17, 15) is 14.4 Å². The maximum Gasteiger partial charge on any atom is 0.333 e. The fourth-order valence-corrected chi connectivity index (χ4v) is 1.20. The lowest BCUT2D eigenvalue weighted by molar-refractivity contribution is -0.141. The Balaban J connectivity index is 2.52. The number of aliphatic carboxylic acids is 1. The van der Waals surface area contributed by atoms with Gasteiger partial charge in [0.15, 0.2) is 0 Å². The highest BCUT2D eigenvalue weighted by Crippen LogP contribution is 2.16. The minimum absolute atomic E-state index is 0.0462. The number of amides is 1. The van der Waals surface area contributed by atoms with Crippen molar-refractivity contribution >= 4 is 17.8 Å². The maximum absolute atomic E-state index is 11.2. The molecule has 0 aromatic heterocycles. The molecule has 82 valence electrons. The van der Waals surface area contributed by atoms with Gasteiger partial charge >= 0.3 is 11.9 Å². The molecule has 0 fully saturated rings. The normalized spacial score (nSPS) is 15.1. The molecule has 0 saturated carbocycles. The molecule has 15 heavy (non-hydrogen) atoms. The van der Waals surface area contributed by atoms with Gasteiger partial charge in [-0.3, -0.25) is 9.59 Å². The Morgan fingerprint density at radius 2 is 2.27 bits per heavy atom. The average molecular weight is 213 g/mol. The molecule has 0 aromatic carbocycles. The molecule has 0 unspecified atom stereocenters. The number of carboxylic acids is 1. The predicted molar refractivity (Wildman–Crippen MR) is 48.7 cm³/mol. The SMILES string of the molecule is COC(=O)CCN1C=C(C(=O)O)CC1=O. The van der Waals surface area contributed by atoms with Gasteiger partial charge in [-0.2, -0.15) is 0 Å². The van der Waals surface area contributed by atoms with Crippen molar-refractivity contribution in [3.05, 3.63) is 11.8 Å². The fraction of sp³-hybridized carbons (Fsp3) is 0.444. The lowest BCUT2D eigenvalue weighted by Gasteiger charge is -2.11. The standard InChI is InChI=1S/C9H11NO5/c1-15-8(12)2-3-10-5-6(9(13)14)4-7(10)11/h5H,2-4H2,1H3,(H,13,14). The van der Waals surface area contributed by atoms with Crippen LogP contribution in [0, 0.1) is 0 Å². The van der Waals surface area contributed by atoms with E-state index in [0.717, 1.165) is 0 Å². The van der Waals surface area contributed by atoms with Crippen molar-refractivity contribution in [3.63, 3.8) is 0 Å². The summed E-state index contributed by atoms with van der Waals surface area (Å²) in [5.74, 6) is -1.85. The van der Waals surface area contributed by atoms with Crippen LogP contribution in [0.15, 0.2) is 11.8 Å². The van der Waals surface area contributed by atoms with Crippen molar-refractivity contribution in [2.75, 3.05) is 13.7 Å². The van der Waals surface area contributed by atoms with E-state index in [2.05, 4.69) is 4.74 Å². The van der Waals surface area contributed by atoms with Crippen molar-refractivity contribution in [1.82, 2.24) is 4.90 Å². The van der Waals surface area contributed by atoms with Crippen molar-refractivity contribution < 1.29 is 24.2 Å². The van der Waals surface area contributed by atoms with Crippen LogP contribution in [0.25, 0.3) is 0 Å². The summed E-state index contributed by atoms with van der Waals surface area (Å²) < 4.78 is 4.41. The molecule has 1 aliphatic heterocycles. The van der Waals surface area contributed by atoms with Crippen molar-refractivity contribution in [2.45, 2.75) is 12.8 Å². The molecule has 1 N–H and O–H groups in total. The van der Waals surface area contributed by atoms with Gasteiger partial charge in [0, 0.05) is 12.7 Å². The second-order valence-corrected chi connectivity index (χ2v) is 3.05. The zero-order chi connectivity index (χ0) is 11.4. The summed E-state index contributed by atoms with van der Waals surface area (Å²) in [4.78, 5) is 33.8. The molecule has 1 heterocycles. The van der Waals surface area contributed by atoms with Crippen LogP contribution in [0.5, 0.6) is 0 Å². The highest BCUT2D eigenvalue weighted by atomic mass is 16.5. The third kappa shape index (κ3) is 2.80. The molecule has 0 aliphatic carbocycles. The van der Waals surface area contributed by atoms with Crippen LogP contribution < -0.4 is 0 Å². The molecule has 0 saturated heterocycles. The first-order valence-electron chi connectivity index (χ1n) is 4.35. The van der Waals surface area contributed by atoms with E-state index < -0.39 is 11.9 Å². The first kappa shape index (κ1) is 11.2. The van der Waals surface area contributed by atoms with Crippen molar-refractivity contribution in [3.8, 4) is 0 Å². The molecule has 0 aromatic rings. The Labute approximate surface area is 86.1 Å². The van der Waals surface area contributed by atoms with Crippen LogP contribution in [0.2, 0.25) is 0 Å². The molecular formula is C9H11NO5. The minimum atomic E-state index is -1.11. The van der Waals surface area contributed by atoms with E-state index in [1.54, 1.807) is 0 Å². The molecule has 0 bridgehead atoms. The zero-order valence-electron chi connectivity index (χ0n) is 8.23. The molecular weight excluding hydrogens is 202 g/mol. The van der Waals surface area contributed by atoms with Gasteiger partial charge in [-0.15, -0.1) is 0 Å². The van der Waals surface area contributed by atoms with Crippen molar-refractivity contribution in [2.24, 2.45) is 0 Å². The number of carbonyl (C=O) groups excluding carboxylic acids is 2. The van der Waals surface area contributed by atoms with E-state index >= 15 is 0 Å². The van der Waals surface area contributed by atoms with Crippen LogP contribution in [-0.2, 0) is 19.1 Å². The topological polar surface area (TPSA) is 83.9 Å². The fourth-order valence-electron chi connectivity index (χ4n) is 1.20. The summed E-state index contributed by atoms with van der Waals surface area (Å²) in [6.07, 6.45) is 1.20. The summed E-state index contributed by atoms with van der Waals surface area (Å²) >= 11 is 0. The summed E-state index contributed by atoms with van der Waals surface area (Å²) in [5.41, 5.74) is 0.0462. The van der Waals surface area contributed by atoms with Gasteiger partial charge in [-0.1, -0.05) is 0 Å². The van der Waals surface area contributed by atoms with E-state index in [1.165, 1.54) is 18.2 Å². The van der Waals surface area contributed by atoms with E-state index in [1.807, 2.05) is 0 Å². The van der Waals surface area contributed by atoms with Gasteiger partial charge in [0.1, 0.15) is 0 Å². The molecule has 6 heteroatoms. The minimum Gasteiger partial charge on any atom is -0.478 e. The van der Waals surface area contributed by atoms with E-state index in [4.69, 9.17) is 5.11 Å². The number of carbonyl (C=O) groups is 3. The monoisotopic (exact) mass is 213 g/mol. The highest BCUT2D eigenvalue weighted by Gasteiger charge is 2.25. The van der Waals surface area contributed by atoms with Gasteiger partial charge in [-0.05, 0) is 0 Å². The first-order valence-corrected chi connectivity index (χ1v) is 4.35. The van der Waals surface area contributed by atoms with Gasteiger partial charge in [-0.25, -0.2) is 4.79 Å². The molecule has 1 aliphatic rings. The third-order valence-electron chi connectivity index (χ3n) is 2.03. The van der Waals surface area contributed by atoms with Gasteiger partial charge in [0.25, 0.3) is 0 Å². The largest absolute Gasteiger partial charge is 0.478 e. The number of nitrogens with zero attached hydrogens (tertiary/aromatic N) is 1. The van der Waals surface area contributed by atoms with E-state index in [0.29, 0.717) is 0 Å². The van der Waals surface area contributed by atoms with Gasteiger partial charge in [0.2, 0.25) is 5.91 Å². The average Bonchev–Trinajstić information content (AvgIpc) is 2.56. The van der Waals surface area contributed by atoms with Crippen LogP contribution in [0.1, 0.15) is 12.8 Å². The molecule has 6 nitrogen and oxygen atoms in total. The smallest absolute Gasteiger partial charge is 0.333 e. The summed E-state index contributed by atoms with van der Waals surface area (Å²) in [6, 6.07) is 0. The number of carboxylic acid groups (broad SMARTS) is 1. The predicted octanol–water partition coefficient (Wildman–Crippen LogP) is -0.250. The van der Waals surface area contributed by atoms with Crippen LogP contribution in [0.4, 0.5) is 0 Å². The van der Waals surface area contributed by atoms with Crippen LogP contribution >= 0.6 is 0 Å². The van der Waals surface area contributed by atoms with Gasteiger partial charge in [0.05, 0.1) is 25.5 Å². The van der Waals surface area contributed by atoms with Gasteiger partial charge < -0.3 is 14.7 Å². The Morgan fingerprint density at radius 3 is 2.73 bits per heavy atom. The summed E-state index contributed by atoms with van der Waals surface area (Å²) in [6.45, 7) is 0.155. The Bertz CT molecular complexity index is 333. The van der Waals surface area contributed by atoms with E-state index in [-0.39, 0.29) is 30.9 Å². The van der Waals surface area contributed by atoms with Crippen LogP contribution in [0.3, 0.4) is 0 Å². The summed E-state index contributed by atoms with van der Waals surface area (Å²) in [7, 11) is 1.26. The molecule has 0 atom stereocenters. The number of hydrogen-bond donors (Lipinski definition) is 1. The third-order valence-corrected chi connectivity index (χ3v) is 2.03. The molecule has 0 spiro atoms. The summed E-state index contributed by atoms with van der Waals surface area (Å²) in [5, 5.41) is 8.63. The second kappa shape index (κ2) is 4.59. The van der Waals surface area contributed by atoms with Crippen molar-refractivity contribution in [1.29, 1.82) is 0 Å². The number of hydrogen-bond acceptors (Lipinski definition) is 4. The first-order chi connectivity index (χ1) is 7.04. The lowest BCUT2D eigenvalue weighted by Crippen LogP contribution is -2.24. The molecule has 1 amide bonds. The highest BCUT2D eigenvalue weighted by molar-refractivity contribution is 5.97. The number of rotatable bonds is 4. The Hall–Kier alpha value is -1.85. The second-order valence-electron chi connectivity index (χ2n) is 3.05. The Morgan fingerprint density at radius 1 is 1.60 bits per heavy atom.